The summed E-state index contributed by atoms with van der Waals surface area (Å²) < 4.78 is 10.7. The zero-order valence-electron chi connectivity index (χ0n) is 16.4. The monoisotopic (exact) mass is 464 g/mol. The molecule has 0 aliphatic carbocycles. The fraction of sp³-hybridized carbons (Fsp3) is 0.611. The second-order valence-electron chi connectivity index (χ2n) is 6.32. The Balaban J connectivity index is 0.00000576. The molecule has 1 rings (SSSR count). The lowest BCUT2D eigenvalue weighted by Gasteiger charge is -2.26. The Morgan fingerprint density at radius 3 is 2.16 bits per heavy atom. The molecule has 1 aromatic carbocycles. The largest absolute Gasteiger partial charge is 0.493 e. The van der Waals surface area contributed by atoms with Crippen molar-refractivity contribution < 1.29 is 9.47 Å². The maximum absolute atomic E-state index is 5.42. The number of guanidine groups is 1. The van der Waals surface area contributed by atoms with Gasteiger partial charge in [0, 0.05) is 20.1 Å². The predicted molar refractivity (Wildman–Crippen MR) is 116 cm³/mol. The van der Waals surface area contributed by atoms with Crippen molar-refractivity contribution in [3.05, 3.63) is 23.8 Å². The number of rotatable bonds is 8. The Morgan fingerprint density at radius 2 is 1.68 bits per heavy atom. The van der Waals surface area contributed by atoms with E-state index in [2.05, 4.69) is 54.5 Å². The highest BCUT2D eigenvalue weighted by molar-refractivity contribution is 14.0. The summed E-state index contributed by atoms with van der Waals surface area (Å²) in [5.74, 6) is 2.86. The molecule has 2 N–H and O–H groups in total. The minimum atomic E-state index is 0. The molecule has 1 unspecified atom stereocenters. The lowest BCUT2D eigenvalue weighted by molar-refractivity contribution is 0.295. The standard InChI is InChI=1S/C18H32N4O2.HI/c1-13(2)11-20-18(19-3)21-12-15(22(4)5)14-8-9-16(23-6)17(10-14)24-7;/h8-10,13,15H,11-12H2,1-7H3,(H2,19,20,21);1H. The first-order valence-electron chi connectivity index (χ1n) is 8.25. The van der Waals surface area contributed by atoms with Gasteiger partial charge in [-0.15, -0.1) is 24.0 Å². The Kier molecular flexibility index (Phi) is 11.6. The van der Waals surface area contributed by atoms with Crippen LogP contribution in [0.25, 0.3) is 0 Å². The molecular weight excluding hydrogens is 431 g/mol. The molecule has 6 nitrogen and oxygen atoms in total. The van der Waals surface area contributed by atoms with Gasteiger partial charge in [0.05, 0.1) is 20.3 Å². The second kappa shape index (κ2) is 12.2. The average molecular weight is 464 g/mol. The maximum atomic E-state index is 5.42. The summed E-state index contributed by atoms with van der Waals surface area (Å²) in [7, 11) is 9.21. The summed E-state index contributed by atoms with van der Waals surface area (Å²) >= 11 is 0. The van der Waals surface area contributed by atoms with Gasteiger partial charge in [-0.3, -0.25) is 4.99 Å². The zero-order chi connectivity index (χ0) is 18.1. The number of ether oxygens (including phenoxy) is 2. The molecule has 0 amide bonds. The van der Waals surface area contributed by atoms with Crippen molar-refractivity contribution >= 4 is 29.9 Å². The van der Waals surface area contributed by atoms with E-state index >= 15 is 0 Å². The van der Waals surface area contributed by atoms with Crippen molar-refractivity contribution in [2.45, 2.75) is 19.9 Å². The Labute approximate surface area is 169 Å². The van der Waals surface area contributed by atoms with Gasteiger partial charge in [0.15, 0.2) is 17.5 Å². The van der Waals surface area contributed by atoms with E-state index in [0.29, 0.717) is 5.92 Å². The van der Waals surface area contributed by atoms with Gasteiger partial charge < -0.3 is 25.0 Å². The lowest BCUT2D eigenvalue weighted by Crippen LogP contribution is -2.42. The molecule has 0 heterocycles. The van der Waals surface area contributed by atoms with Crippen LogP contribution in [0.3, 0.4) is 0 Å². The predicted octanol–water partition coefficient (Wildman–Crippen LogP) is 2.75. The molecule has 0 saturated heterocycles. The second-order valence-corrected chi connectivity index (χ2v) is 6.32. The average Bonchev–Trinajstić information content (AvgIpc) is 2.56. The minimum absolute atomic E-state index is 0. The summed E-state index contributed by atoms with van der Waals surface area (Å²) in [5.41, 5.74) is 1.16. The number of benzene rings is 1. The van der Waals surface area contributed by atoms with Gasteiger partial charge in [-0.2, -0.15) is 0 Å². The first-order chi connectivity index (χ1) is 11.4. The molecule has 0 aliphatic heterocycles. The van der Waals surface area contributed by atoms with Gasteiger partial charge in [-0.05, 0) is 37.7 Å². The molecule has 0 radical (unpaired) electrons. The molecule has 0 aliphatic rings. The number of methoxy groups -OCH3 is 2. The summed E-state index contributed by atoms with van der Waals surface area (Å²) in [6.07, 6.45) is 0. The van der Waals surface area contributed by atoms with Crippen LogP contribution in [0.4, 0.5) is 0 Å². The van der Waals surface area contributed by atoms with Crippen LogP contribution in [0.15, 0.2) is 23.2 Å². The molecule has 25 heavy (non-hydrogen) atoms. The van der Waals surface area contributed by atoms with Crippen LogP contribution < -0.4 is 20.1 Å². The van der Waals surface area contributed by atoms with Crippen molar-refractivity contribution in [1.29, 1.82) is 0 Å². The van der Waals surface area contributed by atoms with Crippen molar-refractivity contribution in [1.82, 2.24) is 15.5 Å². The van der Waals surface area contributed by atoms with Crippen LogP contribution in [-0.2, 0) is 0 Å². The van der Waals surface area contributed by atoms with Gasteiger partial charge in [0.2, 0.25) is 0 Å². The number of nitrogens with zero attached hydrogens (tertiary/aromatic N) is 2. The Morgan fingerprint density at radius 1 is 1.08 bits per heavy atom. The molecule has 1 aromatic rings. The van der Waals surface area contributed by atoms with E-state index in [4.69, 9.17) is 9.47 Å². The van der Waals surface area contributed by atoms with Crippen molar-refractivity contribution in [2.24, 2.45) is 10.9 Å². The fourth-order valence-corrected chi connectivity index (χ4v) is 2.37. The molecule has 0 spiro atoms. The topological polar surface area (TPSA) is 58.1 Å². The Hall–Kier alpha value is -1.22. The molecule has 0 bridgehead atoms. The van der Waals surface area contributed by atoms with Crippen LogP contribution in [0.5, 0.6) is 11.5 Å². The van der Waals surface area contributed by atoms with Crippen molar-refractivity contribution in [2.75, 3.05) is 48.5 Å². The van der Waals surface area contributed by atoms with Crippen LogP contribution in [0.2, 0.25) is 0 Å². The maximum Gasteiger partial charge on any atom is 0.191 e. The third kappa shape index (κ3) is 7.68. The Bertz CT molecular complexity index is 536. The van der Waals surface area contributed by atoms with E-state index in [1.54, 1.807) is 21.3 Å². The van der Waals surface area contributed by atoms with Crippen LogP contribution in [0.1, 0.15) is 25.5 Å². The summed E-state index contributed by atoms with van der Waals surface area (Å²) in [4.78, 5) is 6.45. The molecular formula is C18H33IN4O2. The highest BCUT2D eigenvalue weighted by atomic mass is 127. The number of aliphatic imine (C=N–C) groups is 1. The summed E-state index contributed by atoms with van der Waals surface area (Å²) in [5, 5.41) is 6.73. The van der Waals surface area contributed by atoms with Crippen LogP contribution >= 0.6 is 24.0 Å². The zero-order valence-corrected chi connectivity index (χ0v) is 18.8. The number of nitrogens with one attached hydrogen (secondary N) is 2. The van der Waals surface area contributed by atoms with E-state index < -0.39 is 0 Å². The van der Waals surface area contributed by atoms with Gasteiger partial charge in [0.25, 0.3) is 0 Å². The third-order valence-corrected chi connectivity index (χ3v) is 3.78. The van der Waals surface area contributed by atoms with Gasteiger partial charge in [0.1, 0.15) is 0 Å². The minimum Gasteiger partial charge on any atom is -0.493 e. The molecule has 1 atom stereocenters. The highest BCUT2D eigenvalue weighted by Gasteiger charge is 2.17. The third-order valence-electron chi connectivity index (χ3n) is 3.78. The quantitative estimate of drug-likeness (QED) is 0.352. The van der Waals surface area contributed by atoms with Gasteiger partial charge in [-0.25, -0.2) is 0 Å². The van der Waals surface area contributed by atoms with Crippen LogP contribution in [-0.4, -0.2) is 59.3 Å². The molecule has 0 fully saturated rings. The van der Waals surface area contributed by atoms with E-state index in [-0.39, 0.29) is 30.0 Å². The summed E-state index contributed by atoms with van der Waals surface area (Å²) in [6.45, 7) is 5.97. The SMILES string of the molecule is CN=C(NCC(C)C)NCC(c1ccc(OC)c(OC)c1)N(C)C.I. The van der Waals surface area contributed by atoms with Gasteiger partial charge >= 0.3 is 0 Å². The highest BCUT2D eigenvalue weighted by Crippen LogP contribution is 2.31. The smallest absolute Gasteiger partial charge is 0.191 e. The first-order valence-corrected chi connectivity index (χ1v) is 8.25. The summed E-state index contributed by atoms with van der Waals surface area (Å²) in [6, 6.07) is 6.21. The van der Waals surface area contributed by atoms with Crippen molar-refractivity contribution in [3.63, 3.8) is 0 Å². The first kappa shape index (κ1) is 23.8. The van der Waals surface area contributed by atoms with E-state index in [0.717, 1.165) is 36.1 Å². The van der Waals surface area contributed by atoms with E-state index in [1.165, 1.54) is 0 Å². The lowest BCUT2D eigenvalue weighted by atomic mass is 10.1. The fourth-order valence-electron chi connectivity index (χ4n) is 2.37. The number of likely N-dealkylation sites (N-methyl/N-ethyl adjacent to an activating group) is 1. The van der Waals surface area contributed by atoms with Crippen LogP contribution in [0, 0.1) is 5.92 Å². The normalized spacial score (nSPS) is 12.6. The number of halogens is 1. The number of hydrogen-bond donors (Lipinski definition) is 2. The van der Waals surface area contributed by atoms with Gasteiger partial charge in [-0.1, -0.05) is 19.9 Å². The molecule has 7 heteroatoms. The molecule has 144 valence electrons. The number of hydrogen-bond acceptors (Lipinski definition) is 4. The molecule has 0 saturated carbocycles. The molecule has 0 aromatic heterocycles. The van der Waals surface area contributed by atoms with Crippen molar-refractivity contribution in [3.8, 4) is 11.5 Å². The van der Waals surface area contributed by atoms with E-state index in [1.807, 2.05) is 12.1 Å². The van der Waals surface area contributed by atoms with E-state index in [9.17, 15) is 0 Å².